The summed E-state index contributed by atoms with van der Waals surface area (Å²) >= 11 is 1.66. The summed E-state index contributed by atoms with van der Waals surface area (Å²) in [5.74, 6) is 1.33. The highest BCUT2D eigenvalue weighted by molar-refractivity contribution is 7.17. The van der Waals surface area contributed by atoms with E-state index in [0.29, 0.717) is 24.7 Å². The lowest BCUT2D eigenvalue weighted by Crippen LogP contribution is -2.27. The predicted octanol–water partition coefficient (Wildman–Crippen LogP) is 3.19. The van der Waals surface area contributed by atoms with Gasteiger partial charge in [0.15, 0.2) is 5.82 Å². The molecule has 0 aliphatic carbocycles. The van der Waals surface area contributed by atoms with Gasteiger partial charge in [0.05, 0.1) is 7.11 Å². The van der Waals surface area contributed by atoms with E-state index >= 15 is 0 Å². The summed E-state index contributed by atoms with van der Waals surface area (Å²) in [6.07, 6.45) is 2.49. The summed E-state index contributed by atoms with van der Waals surface area (Å²) in [6, 6.07) is 8.47. The summed E-state index contributed by atoms with van der Waals surface area (Å²) < 4.78 is 6.45. The van der Waals surface area contributed by atoms with Crippen LogP contribution in [0.1, 0.15) is 19.3 Å². The molecule has 140 valence electrons. The maximum Gasteiger partial charge on any atom is 0.321 e. The van der Waals surface area contributed by atoms with Gasteiger partial charge in [-0.1, -0.05) is 18.2 Å². The van der Waals surface area contributed by atoms with E-state index in [1.54, 1.807) is 18.4 Å². The minimum absolute atomic E-state index is 0.253. The SMILES string of the molecule is COc1nc(NCCCN2CCCC2=O)nc(-c2csc3ccccc23)n1. The van der Waals surface area contributed by atoms with Gasteiger partial charge in [-0.2, -0.15) is 15.0 Å². The fraction of sp³-hybridized carbons (Fsp3) is 0.368. The van der Waals surface area contributed by atoms with Crippen molar-refractivity contribution in [1.82, 2.24) is 19.9 Å². The Morgan fingerprint density at radius 3 is 2.96 bits per heavy atom. The number of nitrogens with zero attached hydrogens (tertiary/aromatic N) is 4. The van der Waals surface area contributed by atoms with Gasteiger partial charge in [0.25, 0.3) is 0 Å². The van der Waals surface area contributed by atoms with Crippen molar-refractivity contribution < 1.29 is 9.53 Å². The van der Waals surface area contributed by atoms with Gasteiger partial charge in [-0.25, -0.2) is 0 Å². The number of likely N-dealkylation sites (tertiary alicyclic amines) is 1. The van der Waals surface area contributed by atoms with Gasteiger partial charge >= 0.3 is 6.01 Å². The number of aromatic nitrogens is 3. The number of benzene rings is 1. The van der Waals surface area contributed by atoms with Gasteiger partial charge < -0.3 is 15.0 Å². The molecule has 0 spiro atoms. The molecule has 2 aromatic heterocycles. The predicted molar refractivity (Wildman–Crippen MR) is 106 cm³/mol. The van der Waals surface area contributed by atoms with Crippen molar-refractivity contribution in [3.05, 3.63) is 29.6 Å². The average Bonchev–Trinajstić information content (AvgIpc) is 3.31. The van der Waals surface area contributed by atoms with Crippen LogP contribution in [0.2, 0.25) is 0 Å². The quantitative estimate of drug-likeness (QED) is 0.631. The number of carbonyl (C=O) groups excluding carboxylic acids is 1. The third-order valence-electron chi connectivity index (χ3n) is 4.58. The van der Waals surface area contributed by atoms with Crippen LogP contribution >= 0.6 is 11.3 Å². The topological polar surface area (TPSA) is 80.2 Å². The molecule has 1 aliphatic heterocycles. The van der Waals surface area contributed by atoms with E-state index in [1.165, 1.54) is 4.70 Å². The molecule has 0 bridgehead atoms. The first kappa shape index (κ1) is 17.7. The van der Waals surface area contributed by atoms with Crippen LogP contribution in [-0.4, -0.2) is 52.5 Å². The fourth-order valence-corrected chi connectivity index (χ4v) is 4.15. The summed E-state index contributed by atoms with van der Waals surface area (Å²) in [5.41, 5.74) is 0.974. The molecular weight excluding hydrogens is 362 g/mol. The van der Waals surface area contributed by atoms with Crippen LogP contribution in [0, 0.1) is 0 Å². The van der Waals surface area contributed by atoms with Crippen molar-refractivity contribution in [2.24, 2.45) is 0 Å². The molecule has 4 rings (SSSR count). The second-order valence-corrected chi connectivity index (χ2v) is 7.29. The number of methoxy groups -OCH3 is 1. The van der Waals surface area contributed by atoms with Crippen molar-refractivity contribution in [3.8, 4) is 17.4 Å². The normalized spacial score (nSPS) is 14.1. The lowest BCUT2D eigenvalue weighted by molar-refractivity contribution is -0.127. The number of amides is 1. The maximum atomic E-state index is 11.7. The molecule has 7 nitrogen and oxygen atoms in total. The highest BCUT2D eigenvalue weighted by atomic mass is 32.1. The van der Waals surface area contributed by atoms with E-state index in [4.69, 9.17) is 4.74 Å². The molecule has 0 radical (unpaired) electrons. The van der Waals surface area contributed by atoms with Crippen LogP contribution in [0.5, 0.6) is 6.01 Å². The van der Waals surface area contributed by atoms with Crippen LogP contribution in [0.4, 0.5) is 5.95 Å². The maximum absolute atomic E-state index is 11.7. The Morgan fingerprint density at radius 2 is 2.15 bits per heavy atom. The van der Waals surface area contributed by atoms with Crippen LogP contribution in [0.25, 0.3) is 21.5 Å². The van der Waals surface area contributed by atoms with Crippen molar-refractivity contribution in [1.29, 1.82) is 0 Å². The number of hydrogen-bond acceptors (Lipinski definition) is 7. The standard InChI is InChI=1S/C19H21N5O2S/c1-26-19-22-17(14-12-27-15-7-3-2-6-13(14)15)21-18(23-19)20-9-5-11-24-10-4-8-16(24)25/h2-3,6-7,12H,4-5,8-11H2,1H3,(H,20,21,22,23). The first-order valence-electron chi connectivity index (χ1n) is 9.03. The van der Waals surface area contributed by atoms with Crippen LogP contribution in [0.15, 0.2) is 29.6 Å². The number of carbonyl (C=O) groups is 1. The zero-order chi connectivity index (χ0) is 18.6. The van der Waals surface area contributed by atoms with Crippen LogP contribution in [-0.2, 0) is 4.79 Å². The van der Waals surface area contributed by atoms with E-state index in [9.17, 15) is 4.79 Å². The molecular formula is C19H21N5O2S. The molecule has 1 N–H and O–H groups in total. The number of thiophene rings is 1. The second kappa shape index (κ2) is 7.87. The van der Waals surface area contributed by atoms with Gasteiger partial charge in [-0.05, 0) is 18.9 Å². The second-order valence-electron chi connectivity index (χ2n) is 6.38. The third kappa shape index (κ3) is 3.85. The van der Waals surface area contributed by atoms with E-state index in [-0.39, 0.29) is 11.9 Å². The molecule has 0 saturated carbocycles. The monoisotopic (exact) mass is 383 g/mol. The molecule has 1 aromatic carbocycles. The van der Waals surface area contributed by atoms with Crippen LogP contribution in [0.3, 0.4) is 0 Å². The van der Waals surface area contributed by atoms with E-state index < -0.39 is 0 Å². The number of hydrogen-bond donors (Lipinski definition) is 1. The summed E-state index contributed by atoms with van der Waals surface area (Å²) in [5, 5.41) is 6.41. The number of nitrogens with one attached hydrogen (secondary N) is 1. The van der Waals surface area contributed by atoms with Gasteiger partial charge in [0.1, 0.15) is 0 Å². The molecule has 1 fully saturated rings. The molecule has 8 heteroatoms. The minimum Gasteiger partial charge on any atom is -0.467 e. The molecule has 3 aromatic rings. The Labute approximate surface area is 161 Å². The summed E-state index contributed by atoms with van der Waals surface area (Å²) in [4.78, 5) is 26.9. The highest BCUT2D eigenvalue weighted by Gasteiger charge is 2.19. The Hall–Kier alpha value is -2.74. The minimum atomic E-state index is 0.253. The van der Waals surface area contributed by atoms with Crippen molar-refractivity contribution in [2.45, 2.75) is 19.3 Å². The van der Waals surface area contributed by atoms with Gasteiger partial charge in [-0.3, -0.25) is 4.79 Å². The smallest absolute Gasteiger partial charge is 0.321 e. The fourth-order valence-electron chi connectivity index (χ4n) is 3.21. The first-order valence-corrected chi connectivity index (χ1v) is 9.91. The molecule has 1 aliphatic rings. The largest absolute Gasteiger partial charge is 0.467 e. The van der Waals surface area contributed by atoms with E-state index in [2.05, 4.69) is 37.8 Å². The Bertz CT molecular complexity index is 958. The third-order valence-corrected chi connectivity index (χ3v) is 5.54. The highest BCUT2D eigenvalue weighted by Crippen LogP contribution is 2.32. The first-order chi connectivity index (χ1) is 13.2. The van der Waals surface area contributed by atoms with E-state index in [0.717, 1.165) is 36.9 Å². The Kier molecular flexibility index (Phi) is 5.15. The molecule has 1 saturated heterocycles. The molecule has 27 heavy (non-hydrogen) atoms. The lowest BCUT2D eigenvalue weighted by atomic mass is 10.2. The lowest BCUT2D eigenvalue weighted by Gasteiger charge is -2.15. The van der Waals surface area contributed by atoms with Crippen molar-refractivity contribution in [3.63, 3.8) is 0 Å². The number of fused-ring (bicyclic) bond motifs is 1. The van der Waals surface area contributed by atoms with E-state index in [1.807, 2.05) is 17.0 Å². The number of anilines is 1. The Morgan fingerprint density at radius 1 is 1.26 bits per heavy atom. The summed E-state index contributed by atoms with van der Waals surface area (Å²) in [6.45, 7) is 2.31. The zero-order valence-electron chi connectivity index (χ0n) is 15.1. The van der Waals surface area contributed by atoms with Gasteiger partial charge in [0, 0.05) is 47.1 Å². The summed E-state index contributed by atoms with van der Waals surface area (Å²) in [7, 11) is 1.55. The van der Waals surface area contributed by atoms with Gasteiger partial charge in [0.2, 0.25) is 11.9 Å². The average molecular weight is 383 g/mol. The van der Waals surface area contributed by atoms with Gasteiger partial charge in [-0.15, -0.1) is 11.3 Å². The number of rotatable bonds is 7. The molecule has 1 amide bonds. The molecule has 0 unspecified atom stereocenters. The number of ether oxygens (including phenoxy) is 1. The molecule has 0 atom stereocenters. The molecule has 3 heterocycles. The zero-order valence-corrected chi connectivity index (χ0v) is 16.0. The van der Waals surface area contributed by atoms with Crippen LogP contribution < -0.4 is 10.1 Å². The Balaban J connectivity index is 1.48. The van der Waals surface area contributed by atoms with Crippen molar-refractivity contribution in [2.75, 3.05) is 32.1 Å². The van der Waals surface area contributed by atoms with Crippen molar-refractivity contribution >= 4 is 33.3 Å².